The van der Waals surface area contributed by atoms with E-state index in [-0.39, 0.29) is 17.2 Å². The van der Waals surface area contributed by atoms with Gasteiger partial charge in [0.1, 0.15) is 15.7 Å². The Balaban J connectivity index is 2.18. The summed E-state index contributed by atoms with van der Waals surface area (Å²) in [6, 6.07) is 3.81. The molecule has 20 heavy (non-hydrogen) atoms. The maximum Gasteiger partial charge on any atom is 0.150 e. The fraction of sp³-hybridized carbons (Fsp3) is 0.571. The third kappa shape index (κ3) is 3.51. The van der Waals surface area contributed by atoms with Gasteiger partial charge in [-0.3, -0.25) is 0 Å². The number of sulfone groups is 1. The molecule has 2 N–H and O–H groups in total. The molecule has 6 heteroatoms. The maximum absolute atomic E-state index is 13.1. The van der Waals surface area contributed by atoms with Gasteiger partial charge in [-0.25, -0.2) is 12.8 Å². The van der Waals surface area contributed by atoms with Crippen molar-refractivity contribution in [3.8, 4) is 0 Å². The minimum absolute atomic E-state index is 0.0615. The van der Waals surface area contributed by atoms with Crippen LogP contribution in [0.15, 0.2) is 18.2 Å². The highest BCUT2D eigenvalue weighted by Gasteiger charge is 2.32. The molecule has 1 fully saturated rings. The van der Waals surface area contributed by atoms with Crippen LogP contribution in [0.5, 0.6) is 0 Å². The molecule has 0 saturated heterocycles. The molecule has 0 radical (unpaired) electrons. The van der Waals surface area contributed by atoms with Gasteiger partial charge in [0.15, 0.2) is 0 Å². The molecule has 112 valence electrons. The molecular formula is C14H19ClFNO2S. The van der Waals surface area contributed by atoms with Gasteiger partial charge in [0.2, 0.25) is 0 Å². The zero-order valence-electron chi connectivity index (χ0n) is 11.4. The molecular weight excluding hydrogens is 301 g/mol. The summed E-state index contributed by atoms with van der Waals surface area (Å²) >= 11 is 6.03. The van der Waals surface area contributed by atoms with Gasteiger partial charge >= 0.3 is 0 Å². The van der Waals surface area contributed by atoms with E-state index in [4.69, 9.17) is 17.3 Å². The Morgan fingerprint density at radius 3 is 2.70 bits per heavy atom. The Morgan fingerprint density at radius 1 is 1.40 bits per heavy atom. The standard InChI is InChI=1S/C14H19ClFNO2S/c1-20(18,19)11-4-2-3-9(7-11)14(17)12-6-5-10(16)8-13(12)15/h5-6,8-9,11,14H,2-4,7,17H2,1H3. The Kier molecular flexibility index (Phi) is 4.72. The lowest BCUT2D eigenvalue weighted by molar-refractivity contribution is 0.309. The summed E-state index contributed by atoms with van der Waals surface area (Å²) in [5, 5.41) is -0.0227. The molecule has 2 rings (SSSR count). The van der Waals surface area contributed by atoms with Crippen LogP contribution < -0.4 is 5.73 Å². The second-order valence-electron chi connectivity index (χ2n) is 5.57. The lowest BCUT2D eigenvalue weighted by Gasteiger charge is -2.32. The van der Waals surface area contributed by atoms with Crippen LogP contribution in [0.3, 0.4) is 0 Å². The zero-order chi connectivity index (χ0) is 14.9. The highest BCUT2D eigenvalue weighted by atomic mass is 35.5. The largest absolute Gasteiger partial charge is 0.324 e. The number of nitrogens with two attached hydrogens (primary N) is 1. The fourth-order valence-electron chi connectivity index (χ4n) is 2.92. The lowest BCUT2D eigenvalue weighted by Crippen LogP contribution is -2.33. The highest BCUT2D eigenvalue weighted by Crippen LogP contribution is 2.37. The summed E-state index contributed by atoms with van der Waals surface area (Å²) in [5.41, 5.74) is 6.91. The second kappa shape index (κ2) is 6.00. The van der Waals surface area contributed by atoms with Crippen molar-refractivity contribution in [2.75, 3.05) is 6.26 Å². The first kappa shape index (κ1) is 15.7. The Hall–Kier alpha value is -0.650. The SMILES string of the molecule is CS(=O)(=O)C1CCCC(C(N)c2ccc(F)cc2Cl)C1. The average molecular weight is 320 g/mol. The molecule has 1 aromatic rings. The molecule has 0 aliphatic heterocycles. The number of hydrogen-bond donors (Lipinski definition) is 1. The summed E-state index contributed by atoms with van der Waals surface area (Å²) in [6.07, 6.45) is 4.24. The van der Waals surface area contributed by atoms with Gasteiger partial charge in [-0.2, -0.15) is 0 Å². The molecule has 1 aliphatic rings. The van der Waals surface area contributed by atoms with E-state index < -0.39 is 15.7 Å². The summed E-state index contributed by atoms with van der Waals surface area (Å²) in [5.74, 6) is -0.338. The molecule has 1 saturated carbocycles. The predicted molar refractivity (Wildman–Crippen MR) is 78.9 cm³/mol. The van der Waals surface area contributed by atoms with Gasteiger partial charge < -0.3 is 5.73 Å². The van der Waals surface area contributed by atoms with Crippen molar-refractivity contribution in [3.63, 3.8) is 0 Å². The molecule has 3 nitrogen and oxygen atoms in total. The van der Waals surface area contributed by atoms with Crippen molar-refractivity contribution in [2.24, 2.45) is 11.7 Å². The number of hydrogen-bond acceptors (Lipinski definition) is 3. The number of rotatable bonds is 3. The Labute approximate surface area is 124 Å². The van der Waals surface area contributed by atoms with Crippen molar-refractivity contribution in [1.29, 1.82) is 0 Å². The molecule has 0 spiro atoms. The molecule has 3 atom stereocenters. The number of benzene rings is 1. The highest BCUT2D eigenvalue weighted by molar-refractivity contribution is 7.91. The predicted octanol–water partition coefficient (Wildman–Crippen LogP) is 3.08. The summed E-state index contributed by atoms with van der Waals surface area (Å²) in [4.78, 5) is 0. The number of halogens is 2. The van der Waals surface area contributed by atoms with E-state index in [9.17, 15) is 12.8 Å². The van der Waals surface area contributed by atoms with E-state index in [1.807, 2.05) is 0 Å². The van der Waals surface area contributed by atoms with Crippen LogP contribution in [0.4, 0.5) is 4.39 Å². The van der Waals surface area contributed by atoms with E-state index >= 15 is 0 Å². The van der Waals surface area contributed by atoms with Gasteiger partial charge in [-0.05, 0) is 42.9 Å². The average Bonchev–Trinajstić information content (AvgIpc) is 2.37. The second-order valence-corrected chi connectivity index (χ2v) is 8.30. The molecule has 1 aromatic carbocycles. The molecule has 1 aliphatic carbocycles. The monoisotopic (exact) mass is 319 g/mol. The van der Waals surface area contributed by atoms with Crippen molar-refractivity contribution in [2.45, 2.75) is 37.0 Å². The Bertz CT molecular complexity index is 591. The molecule has 0 bridgehead atoms. The third-order valence-electron chi connectivity index (χ3n) is 4.10. The van der Waals surface area contributed by atoms with Crippen LogP contribution in [0.25, 0.3) is 0 Å². The van der Waals surface area contributed by atoms with E-state index in [2.05, 4.69) is 0 Å². The van der Waals surface area contributed by atoms with Gasteiger partial charge in [-0.15, -0.1) is 0 Å². The van der Waals surface area contributed by atoms with Gasteiger partial charge in [0.25, 0.3) is 0 Å². The van der Waals surface area contributed by atoms with E-state index in [0.29, 0.717) is 23.4 Å². The van der Waals surface area contributed by atoms with E-state index in [1.165, 1.54) is 18.4 Å². The topological polar surface area (TPSA) is 60.2 Å². The molecule has 0 aromatic heterocycles. The van der Waals surface area contributed by atoms with Crippen LogP contribution in [-0.2, 0) is 9.84 Å². The molecule has 3 unspecified atom stereocenters. The van der Waals surface area contributed by atoms with Crippen molar-refractivity contribution in [1.82, 2.24) is 0 Å². The van der Waals surface area contributed by atoms with Crippen LogP contribution in [0, 0.1) is 11.7 Å². The fourth-order valence-corrected chi connectivity index (χ4v) is 4.41. The Morgan fingerprint density at radius 2 is 2.10 bits per heavy atom. The van der Waals surface area contributed by atoms with Crippen LogP contribution in [0.1, 0.15) is 37.3 Å². The summed E-state index contributed by atoms with van der Waals surface area (Å²) in [6.45, 7) is 0. The quantitative estimate of drug-likeness (QED) is 0.931. The first-order valence-corrected chi connectivity index (χ1v) is 9.01. The maximum atomic E-state index is 13.1. The van der Waals surface area contributed by atoms with Gasteiger partial charge in [-0.1, -0.05) is 24.1 Å². The first-order chi connectivity index (χ1) is 9.29. The lowest BCUT2D eigenvalue weighted by atomic mass is 9.81. The summed E-state index contributed by atoms with van der Waals surface area (Å²) in [7, 11) is -3.04. The molecule has 0 heterocycles. The minimum atomic E-state index is -3.04. The summed E-state index contributed by atoms with van der Waals surface area (Å²) < 4.78 is 36.4. The van der Waals surface area contributed by atoms with Crippen molar-refractivity contribution < 1.29 is 12.8 Å². The van der Waals surface area contributed by atoms with E-state index in [0.717, 1.165) is 12.8 Å². The van der Waals surface area contributed by atoms with E-state index in [1.54, 1.807) is 6.07 Å². The smallest absolute Gasteiger partial charge is 0.150 e. The van der Waals surface area contributed by atoms with Gasteiger partial charge in [0.05, 0.1) is 5.25 Å². The first-order valence-electron chi connectivity index (χ1n) is 6.68. The molecule has 0 amide bonds. The van der Waals surface area contributed by atoms with Crippen LogP contribution in [0.2, 0.25) is 5.02 Å². The third-order valence-corrected chi connectivity index (χ3v) is 6.07. The van der Waals surface area contributed by atoms with Gasteiger partial charge in [0, 0.05) is 17.3 Å². The van der Waals surface area contributed by atoms with Crippen LogP contribution >= 0.6 is 11.6 Å². The van der Waals surface area contributed by atoms with Crippen molar-refractivity contribution >= 4 is 21.4 Å². The normalized spacial score (nSPS) is 25.4. The minimum Gasteiger partial charge on any atom is -0.324 e. The zero-order valence-corrected chi connectivity index (χ0v) is 12.9. The van der Waals surface area contributed by atoms with Crippen LogP contribution in [-0.4, -0.2) is 19.9 Å². The van der Waals surface area contributed by atoms with Crippen molar-refractivity contribution in [3.05, 3.63) is 34.6 Å².